The number of amides is 1. The van der Waals surface area contributed by atoms with E-state index in [9.17, 15) is 4.79 Å². The molecule has 1 aliphatic heterocycles. The lowest BCUT2D eigenvalue weighted by Crippen LogP contribution is -2.47. The van der Waals surface area contributed by atoms with E-state index in [0.717, 1.165) is 31.7 Å². The second-order valence-corrected chi connectivity index (χ2v) is 4.17. The topological polar surface area (TPSA) is 45.2 Å². The Balaban J connectivity index is 1.99. The number of anilines is 1. The summed E-state index contributed by atoms with van der Waals surface area (Å²) in [5, 5.41) is 2.97. The van der Waals surface area contributed by atoms with Gasteiger partial charge in [-0.15, -0.1) is 0 Å². The molecule has 1 saturated heterocycles. The summed E-state index contributed by atoms with van der Waals surface area (Å²) in [6.07, 6.45) is 3.96. The van der Waals surface area contributed by atoms with Crippen LogP contribution in [0.15, 0.2) is 24.4 Å². The van der Waals surface area contributed by atoms with Crippen LogP contribution in [0, 0.1) is 0 Å². The third kappa shape index (κ3) is 2.72. The van der Waals surface area contributed by atoms with Crippen LogP contribution in [-0.2, 0) is 4.79 Å². The van der Waals surface area contributed by atoms with Crippen molar-refractivity contribution in [2.24, 2.45) is 0 Å². The van der Waals surface area contributed by atoms with Gasteiger partial charge in [-0.05, 0) is 25.0 Å². The molecule has 0 aromatic carbocycles. The fourth-order valence-electron chi connectivity index (χ4n) is 2.13. The minimum absolute atomic E-state index is 0.0490. The van der Waals surface area contributed by atoms with E-state index in [2.05, 4.69) is 15.2 Å². The first-order valence-electron chi connectivity index (χ1n) is 5.69. The Morgan fingerprint density at radius 2 is 2.44 bits per heavy atom. The van der Waals surface area contributed by atoms with Crippen LogP contribution < -0.4 is 10.2 Å². The predicted octanol–water partition coefficient (Wildman–Crippen LogP) is 1.19. The first kappa shape index (κ1) is 10.9. The zero-order valence-corrected chi connectivity index (χ0v) is 9.52. The summed E-state index contributed by atoms with van der Waals surface area (Å²) in [6.45, 7) is 3.45. The van der Waals surface area contributed by atoms with Gasteiger partial charge in [0.15, 0.2) is 0 Å². The van der Waals surface area contributed by atoms with Gasteiger partial charge in [0.25, 0.3) is 0 Å². The maximum atomic E-state index is 11.0. The van der Waals surface area contributed by atoms with Crippen molar-refractivity contribution < 1.29 is 4.79 Å². The van der Waals surface area contributed by atoms with Crippen molar-refractivity contribution in [3.63, 3.8) is 0 Å². The summed E-state index contributed by atoms with van der Waals surface area (Å²) < 4.78 is 0. The predicted molar refractivity (Wildman–Crippen MR) is 63.3 cm³/mol. The van der Waals surface area contributed by atoms with Crippen LogP contribution in [-0.4, -0.2) is 30.0 Å². The Morgan fingerprint density at radius 3 is 3.12 bits per heavy atom. The van der Waals surface area contributed by atoms with Crippen molar-refractivity contribution in [3.8, 4) is 0 Å². The largest absolute Gasteiger partial charge is 0.355 e. The minimum Gasteiger partial charge on any atom is -0.355 e. The zero-order valence-electron chi connectivity index (χ0n) is 9.52. The first-order chi connectivity index (χ1) is 7.75. The van der Waals surface area contributed by atoms with Gasteiger partial charge in [-0.25, -0.2) is 4.98 Å². The van der Waals surface area contributed by atoms with Crippen LogP contribution in [0.4, 0.5) is 5.82 Å². The fourth-order valence-corrected chi connectivity index (χ4v) is 2.13. The van der Waals surface area contributed by atoms with Gasteiger partial charge in [0.1, 0.15) is 5.82 Å². The number of aromatic nitrogens is 1. The van der Waals surface area contributed by atoms with Crippen molar-refractivity contribution in [3.05, 3.63) is 24.4 Å². The molecular weight excluding hydrogens is 202 g/mol. The number of hydrogen-bond donors (Lipinski definition) is 1. The first-order valence-corrected chi connectivity index (χ1v) is 5.69. The molecule has 1 N–H and O–H groups in total. The number of nitrogens with one attached hydrogen (secondary N) is 1. The van der Waals surface area contributed by atoms with Crippen LogP contribution >= 0.6 is 0 Å². The molecule has 1 aromatic heterocycles. The van der Waals surface area contributed by atoms with Crippen molar-refractivity contribution >= 4 is 11.7 Å². The van der Waals surface area contributed by atoms with Crippen molar-refractivity contribution in [1.82, 2.24) is 10.3 Å². The highest BCUT2D eigenvalue weighted by Gasteiger charge is 2.20. The summed E-state index contributed by atoms with van der Waals surface area (Å²) >= 11 is 0. The van der Waals surface area contributed by atoms with Crippen LogP contribution in [0.1, 0.15) is 19.8 Å². The number of nitrogens with zero attached hydrogens (tertiary/aromatic N) is 2. The highest BCUT2D eigenvalue weighted by molar-refractivity contribution is 5.73. The molecule has 2 rings (SSSR count). The fraction of sp³-hybridized carbons (Fsp3) is 0.500. The van der Waals surface area contributed by atoms with Crippen LogP contribution in [0.25, 0.3) is 0 Å². The van der Waals surface area contributed by atoms with E-state index in [-0.39, 0.29) is 11.9 Å². The Labute approximate surface area is 95.7 Å². The molecular formula is C12H17N3O. The molecule has 1 fully saturated rings. The van der Waals surface area contributed by atoms with E-state index in [1.54, 1.807) is 13.1 Å². The molecule has 4 heteroatoms. The minimum atomic E-state index is 0.0490. The summed E-state index contributed by atoms with van der Waals surface area (Å²) in [6, 6.07) is 6.17. The van der Waals surface area contributed by atoms with Crippen LogP contribution in [0.5, 0.6) is 0 Å². The summed E-state index contributed by atoms with van der Waals surface area (Å²) in [4.78, 5) is 17.6. The molecule has 86 valence electrons. The Kier molecular flexibility index (Phi) is 3.39. The molecule has 0 saturated carbocycles. The average molecular weight is 219 g/mol. The van der Waals surface area contributed by atoms with E-state index in [0.29, 0.717) is 0 Å². The van der Waals surface area contributed by atoms with E-state index in [4.69, 9.17) is 0 Å². The molecule has 1 atom stereocenters. The Bertz CT molecular complexity index is 353. The standard InChI is InChI=1S/C12H17N3O/c1-10(16)14-11-5-4-8-15(9-11)12-6-2-3-7-13-12/h2-3,6-7,11H,4-5,8-9H2,1H3,(H,14,16)/t11-/m0/s1. The van der Waals surface area contributed by atoms with Crippen molar-refractivity contribution in [2.75, 3.05) is 18.0 Å². The molecule has 2 heterocycles. The number of piperidine rings is 1. The monoisotopic (exact) mass is 219 g/mol. The van der Waals surface area contributed by atoms with Crippen molar-refractivity contribution in [1.29, 1.82) is 0 Å². The van der Waals surface area contributed by atoms with Gasteiger partial charge in [-0.1, -0.05) is 6.07 Å². The summed E-state index contributed by atoms with van der Waals surface area (Å²) in [5.74, 6) is 1.05. The van der Waals surface area contributed by atoms with Crippen LogP contribution in [0.2, 0.25) is 0 Å². The van der Waals surface area contributed by atoms with Gasteiger partial charge in [0.2, 0.25) is 5.91 Å². The molecule has 1 aliphatic rings. The Morgan fingerprint density at radius 1 is 1.56 bits per heavy atom. The normalized spacial score (nSPS) is 20.6. The van der Waals surface area contributed by atoms with Gasteiger partial charge < -0.3 is 10.2 Å². The number of carbonyl (C=O) groups excluding carboxylic acids is 1. The molecule has 1 amide bonds. The maximum Gasteiger partial charge on any atom is 0.217 e. The van der Waals surface area contributed by atoms with Gasteiger partial charge in [-0.2, -0.15) is 0 Å². The highest BCUT2D eigenvalue weighted by Crippen LogP contribution is 2.16. The van der Waals surface area contributed by atoms with Crippen LogP contribution in [0.3, 0.4) is 0 Å². The number of rotatable bonds is 2. The quantitative estimate of drug-likeness (QED) is 0.812. The van der Waals surface area contributed by atoms with E-state index < -0.39 is 0 Å². The third-order valence-electron chi connectivity index (χ3n) is 2.80. The average Bonchev–Trinajstić information content (AvgIpc) is 2.30. The molecule has 0 radical (unpaired) electrons. The van der Waals surface area contributed by atoms with E-state index in [1.165, 1.54) is 0 Å². The highest BCUT2D eigenvalue weighted by atomic mass is 16.1. The number of carbonyl (C=O) groups is 1. The van der Waals surface area contributed by atoms with Gasteiger partial charge >= 0.3 is 0 Å². The third-order valence-corrected chi connectivity index (χ3v) is 2.80. The molecule has 0 bridgehead atoms. The summed E-state index contributed by atoms with van der Waals surface area (Å²) in [7, 11) is 0. The molecule has 4 nitrogen and oxygen atoms in total. The lowest BCUT2D eigenvalue weighted by molar-refractivity contribution is -0.119. The second kappa shape index (κ2) is 4.96. The second-order valence-electron chi connectivity index (χ2n) is 4.17. The molecule has 0 spiro atoms. The van der Waals surface area contributed by atoms with Crippen molar-refractivity contribution in [2.45, 2.75) is 25.8 Å². The molecule has 1 aromatic rings. The van der Waals surface area contributed by atoms with Gasteiger partial charge in [0.05, 0.1) is 0 Å². The molecule has 0 aliphatic carbocycles. The molecule has 0 unspecified atom stereocenters. The lowest BCUT2D eigenvalue weighted by atomic mass is 10.1. The smallest absolute Gasteiger partial charge is 0.217 e. The van der Waals surface area contributed by atoms with E-state index in [1.807, 2.05) is 18.2 Å². The zero-order chi connectivity index (χ0) is 11.4. The summed E-state index contributed by atoms with van der Waals surface area (Å²) in [5.41, 5.74) is 0. The lowest BCUT2D eigenvalue weighted by Gasteiger charge is -2.33. The number of pyridine rings is 1. The molecule has 16 heavy (non-hydrogen) atoms. The number of hydrogen-bond acceptors (Lipinski definition) is 3. The van der Waals surface area contributed by atoms with E-state index >= 15 is 0 Å². The SMILES string of the molecule is CC(=O)N[C@H]1CCCN(c2ccccn2)C1. The van der Waals surface area contributed by atoms with Gasteiger partial charge in [0, 0.05) is 32.3 Å². The Hall–Kier alpha value is -1.58. The maximum absolute atomic E-state index is 11.0. The van der Waals surface area contributed by atoms with Gasteiger partial charge in [-0.3, -0.25) is 4.79 Å².